The molecule has 0 saturated carbocycles. The van der Waals surface area contributed by atoms with Crippen LogP contribution in [0.1, 0.15) is 23.0 Å². The highest BCUT2D eigenvalue weighted by Gasteiger charge is 2.22. The summed E-state index contributed by atoms with van der Waals surface area (Å²) in [7, 11) is 0. The molecule has 108 valence electrons. The number of hydrogen-bond acceptors (Lipinski definition) is 5. The van der Waals surface area contributed by atoms with Crippen LogP contribution >= 0.6 is 0 Å². The summed E-state index contributed by atoms with van der Waals surface area (Å²) in [6.45, 7) is 1.29. The van der Waals surface area contributed by atoms with E-state index in [0.717, 1.165) is 4.90 Å². The quantitative estimate of drug-likeness (QED) is 0.767. The largest absolute Gasteiger partial charge is 0.480 e. The van der Waals surface area contributed by atoms with Gasteiger partial charge in [0.05, 0.1) is 17.8 Å². The molecule has 1 N–H and O–H groups in total. The van der Waals surface area contributed by atoms with Crippen molar-refractivity contribution in [1.82, 2.24) is 24.5 Å². The van der Waals surface area contributed by atoms with E-state index in [4.69, 9.17) is 11.5 Å². The monoisotopic (exact) mass is 287 g/mol. The molecule has 2 aromatic rings. The number of aliphatic carboxylic acids is 1. The van der Waals surface area contributed by atoms with Gasteiger partial charge in [-0.25, -0.2) is 9.50 Å². The van der Waals surface area contributed by atoms with Crippen LogP contribution in [0.25, 0.3) is 5.78 Å². The average Bonchev–Trinajstić information content (AvgIpc) is 2.92. The molecule has 0 aromatic carbocycles. The molecule has 0 aliphatic carbocycles. The van der Waals surface area contributed by atoms with Crippen LogP contribution < -0.4 is 0 Å². The van der Waals surface area contributed by atoms with Gasteiger partial charge in [-0.3, -0.25) is 9.59 Å². The standard InChI is InChI=1S/C13H13N5O3/c1-3-5-17(7-11(19)20)12(21)9-6-14-13-15-8-16-18(13)10(9)4-2/h1,6,8H,4-5,7H2,2H3,(H,19,20). The van der Waals surface area contributed by atoms with Crippen LogP contribution in [-0.2, 0) is 11.2 Å². The Morgan fingerprint density at radius 1 is 1.48 bits per heavy atom. The van der Waals surface area contributed by atoms with Gasteiger partial charge >= 0.3 is 5.97 Å². The van der Waals surface area contributed by atoms with Crippen LogP contribution in [0.3, 0.4) is 0 Å². The van der Waals surface area contributed by atoms with Gasteiger partial charge in [-0.15, -0.1) is 6.42 Å². The van der Waals surface area contributed by atoms with Gasteiger partial charge in [0.1, 0.15) is 12.9 Å². The minimum absolute atomic E-state index is 0.0936. The molecule has 8 heteroatoms. The van der Waals surface area contributed by atoms with E-state index in [-0.39, 0.29) is 12.1 Å². The zero-order valence-corrected chi connectivity index (χ0v) is 11.4. The number of carboxylic acid groups (broad SMARTS) is 1. The summed E-state index contributed by atoms with van der Waals surface area (Å²) in [4.78, 5) is 32.4. The Morgan fingerprint density at radius 2 is 2.24 bits per heavy atom. The number of nitrogens with zero attached hydrogens (tertiary/aromatic N) is 5. The molecule has 8 nitrogen and oxygen atoms in total. The summed E-state index contributed by atoms with van der Waals surface area (Å²) in [5.74, 6) is 1.04. The van der Waals surface area contributed by atoms with Crippen molar-refractivity contribution in [3.63, 3.8) is 0 Å². The Balaban J connectivity index is 2.46. The number of aromatic nitrogens is 4. The number of carbonyl (C=O) groups is 2. The summed E-state index contributed by atoms with van der Waals surface area (Å²) in [5.41, 5.74) is 0.877. The molecular weight excluding hydrogens is 274 g/mol. The number of fused-ring (bicyclic) bond motifs is 1. The van der Waals surface area contributed by atoms with Crippen molar-refractivity contribution in [2.45, 2.75) is 13.3 Å². The van der Waals surface area contributed by atoms with Crippen LogP contribution in [0.5, 0.6) is 0 Å². The molecule has 0 aliphatic heterocycles. The summed E-state index contributed by atoms with van der Waals surface area (Å²) < 4.78 is 1.46. The molecule has 2 aromatic heterocycles. The van der Waals surface area contributed by atoms with Crippen molar-refractivity contribution in [1.29, 1.82) is 0 Å². The van der Waals surface area contributed by atoms with E-state index < -0.39 is 18.4 Å². The van der Waals surface area contributed by atoms with Gasteiger partial charge in [-0.05, 0) is 6.42 Å². The Kier molecular flexibility index (Phi) is 4.13. The molecule has 21 heavy (non-hydrogen) atoms. The number of hydrogen-bond donors (Lipinski definition) is 1. The van der Waals surface area contributed by atoms with Gasteiger partial charge in [0.25, 0.3) is 11.7 Å². The molecule has 0 atom stereocenters. The predicted molar refractivity (Wildman–Crippen MR) is 72.5 cm³/mol. The molecule has 0 spiro atoms. The molecule has 0 fully saturated rings. The van der Waals surface area contributed by atoms with Crippen molar-refractivity contribution in [2.75, 3.05) is 13.1 Å². The van der Waals surface area contributed by atoms with Crippen LogP contribution in [0.4, 0.5) is 0 Å². The summed E-state index contributed by atoms with van der Waals surface area (Å²) in [6, 6.07) is 0. The van der Waals surface area contributed by atoms with Crippen LogP contribution in [-0.4, -0.2) is 54.6 Å². The van der Waals surface area contributed by atoms with E-state index in [1.807, 2.05) is 6.92 Å². The minimum atomic E-state index is -1.13. The molecule has 0 aliphatic rings. The fourth-order valence-electron chi connectivity index (χ4n) is 1.99. The van der Waals surface area contributed by atoms with Crippen molar-refractivity contribution >= 4 is 17.7 Å². The number of terminal acetylenes is 1. The van der Waals surface area contributed by atoms with Gasteiger partial charge < -0.3 is 10.0 Å². The second-order valence-electron chi connectivity index (χ2n) is 4.20. The Labute approximate surface area is 120 Å². The first-order chi connectivity index (χ1) is 10.1. The van der Waals surface area contributed by atoms with Crippen molar-refractivity contribution < 1.29 is 14.7 Å². The summed E-state index contributed by atoms with van der Waals surface area (Å²) in [6.07, 6.45) is 8.41. The average molecular weight is 287 g/mol. The van der Waals surface area contributed by atoms with Crippen LogP contribution in [0.15, 0.2) is 12.5 Å². The topological polar surface area (TPSA) is 101 Å². The van der Waals surface area contributed by atoms with Crippen LogP contribution in [0, 0.1) is 12.3 Å². The van der Waals surface area contributed by atoms with E-state index >= 15 is 0 Å². The predicted octanol–water partition coefficient (Wildman–Crippen LogP) is -0.153. The highest BCUT2D eigenvalue weighted by Crippen LogP contribution is 2.12. The highest BCUT2D eigenvalue weighted by molar-refractivity contribution is 5.96. The molecule has 0 unspecified atom stereocenters. The number of aryl methyl sites for hydroxylation is 1. The Bertz CT molecular complexity index is 731. The smallest absolute Gasteiger partial charge is 0.323 e. The van der Waals surface area contributed by atoms with Crippen molar-refractivity contribution in [3.8, 4) is 12.3 Å². The fraction of sp³-hybridized carbons (Fsp3) is 0.308. The lowest BCUT2D eigenvalue weighted by atomic mass is 10.1. The fourth-order valence-corrected chi connectivity index (χ4v) is 1.99. The number of rotatable bonds is 5. The lowest BCUT2D eigenvalue weighted by Crippen LogP contribution is -2.36. The highest BCUT2D eigenvalue weighted by atomic mass is 16.4. The van der Waals surface area contributed by atoms with Crippen LogP contribution in [0.2, 0.25) is 0 Å². The van der Waals surface area contributed by atoms with E-state index in [2.05, 4.69) is 21.0 Å². The lowest BCUT2D eigenvalue weighted by molar-refractivity contribution is -0.137. The molecule has 2 heterocycles. The second kappa shape index (κ2) is 6.00. The Morgan fingerprint density at radius 3 is 2.86 bits per heavy atom. The number of amides is 1. The zero-order chi connectivity index (χ0) is 15.4. The molecule has 0 radical (unpaired) electrons. The van der Waals surface area contributed by atoms with E-state index in [1.54, 1.807) is 0 Å². The third kappa shape index (κ3) is 2.81. The minimum Gasteiger partial charge on any atom is -0.480 e. The van der Waals surface area contributed by atoms with Gasteiger partial charge in [0, 0.05) is 6.20 Å². The first-order valence-corrected chi connectivity index (χ1v) is 6.20. The molecule has 0 bridgehead atoms. The lowest BCUT2D eigenvalue weighted by Gasteiger charge is -2.19. The van der Waals surface area contributed by atoms with E-state index in [9.17, 15) is 9.59 Å². The van der Waals surface area contributed by atoms with Gasteiger partial charge in [-0.2, -0.15) is 10.1 Å². The van der Waals surface area contributed by atoms with E-state index in [1.165, 1.54) is 17.0 Å². The number of carbonyl (C=O) groups excluding carboxylic acids is 1. The van der Waals surface area contributed by atoms with Crippen molar-refractivity contribution in [3.05, 3.63) is 23.8 Å². The Hall–Kier alpha value is -2.95. The maximum atomic E-state index is 12.5. The zero-order valence-electron chi connectivity index (χ0n) is 11.4. The molecule has 0 saturated heterocycles. The second-order valence-corrected chi connectivity index (χ2v) is 4.20. The van der Waals surface area contributed by atoms with Gasteiger partial charge in [0.2, 0.25) is 0 Å². The SMILES string of the molecule is C#CCN(CC(=O)O)C(=O)c1cnc2ncnn2c1CC. The summed E-state index contributed by atoms with van der Waals surface area (Å²) in [5, 5.41) is 12.9. The molecule has 1 amide bonds. The normalized spacial score (nSPS) is 10.3. The molecular formula is C13H13N5O3. The summed E-state index contributed by atoms with van der Waals surface area (Å²) >= 11 is 0. The first-order valence-electron chi connectivity index (χ1n) is 6.20. The number of carboxylic acids is 1. The van der Waals surface area contributed by atoms with Gasteiger partial charge in [-0.1, -0.05) is 12.8 Å². The maximum absolute atomic E-state index is 12.5. The first kappa shape index (κ1) is 14.5. The maximum Gasteiger partial charge on any atom is 0.323 e. The third-order valence-electron chi connectivity index (χ3n) is 2.87. The van der Waals surface area contributed by atoms with E-state index in [0.29, 0.717) is 17.9 Å². The molecule has 2 rings (SSSR count). The third-order valence-corrected chi connectivity index (χ3v) is 2.87. The van der Waals surface area contributed by atoms with Crippen molar-refractivity contribution in [2.24, 2.45) is 0 Å². The van der Waals surface area contributed by atoms with Gasteiger partial charge in [0.15, 0.2) is 0 Å².